The van der Waals surface area contributed by atoms with E-state index >= 15 is 8.78 Å². The molecular formula is C28H33F2N3O4S. The predicted octanol–water partition coefficient (Wildman–Crippen LogP) is 4.40. The third-order valence-electron chi connectivity index (χ3n) is 7.24. The second-order valence-corrected chi connectivity index (χ2v) is 11.9. The Morgan fingerprint density at radius 2 is 1.89 bits per heavy atom. The van der Waals surface area contributed by atoms with Gasteiger partial charge in [-0.2, -0.15) is 4.31 Å². The van der Waals surface area contributed by atoms with Crippen LogP contribution in [0.1, 0.15) is 55.1 Å². The molecule has 2 saturated heterocycles. The number of sulfonamides is 1. The summed E-state index contributed by atoms with van der Waals surface area (Å²) >= 11 is 0. The number of rotatable bonds is 8. The van der Waals surface area contributed by atoms with Gasteiger partial charge in [0.15, 0.2) is 0 Å². The van der Waals surface area contributed by atoms with Crippen LogP contribution >= 0.6 is 0 Å². The van der Waals surface area contributed by atoms with E-state index in [0.717, 1.165) is 12.1 Å². The fourth-order valence-electron chi connectivity index (χ4n) is 5.08. The molecule has 10 heteroatoms. The predicted molar refractivity (Wildman–Crippen MR) is 142 cm³/mol. The molecule has 2 fully saturated rings. The van der Waals surface area contributed by atoms with Crippen molar-refractivity contribution in [3.63, 3.8) is 0 Å². The van der Waals surface area contributed by atoms with E-state index in [1.807, 2.05) is 13.0 Å². The molecule has 0 bridgehead atoms. The lowest BCUT2D eigenvalue weighted by atomic mass is 9.86. The summed E-state index contributed by atoms with van der Waals surface area (Å²) in [5.41, 5.74) is -0.0763. The maximum atomic E-state index is 15.5. The van der Waals surface area contributed by atoms with Crippen LogP contribution in [0.5, 0.6) is 0 Å². The average Bonchev–Trinajstić information content (AvgIpc) is 2.86. The Hall–Kier alpha value is -2.95. The lowest BCUT2D eigenvalue weighted by molar-refractivity contribution is -0.133. The summed E-state index contributed by atoms with van der Waals surface area (Å²) in [6.45, 7) is 3.28. The largest absolute Gasteiger partial charge is 0.376 e. The van der Waals surface area contributed by atoms with Gasteiger partial charge in [-0.25, -0.2) is 17.2 Å². The summed E-state index contributed by atoms with van der Waals surface area (Å²) in [6.07, 6.45) is 4.51. The van der Waals surface area contributed by atoms with Crippen molar-refractivity contribution in [1.82, 2.24) is 9.62 Å². The first-order chi connectivity index (χ1) is 18.1. The Labute approximate surface area is 222 Å². The normalized spacial score (nSPS) is 23.2. The standard InChI is InChI=1S/C28H33F2N3O4S/c1-4-8-22(31-3)14-27(34)32-28(17-37-18-28)23-15-24(29)21(13-25(23)30)16-33-19(2)11-12-26(38(33,35)36)20-9-6-5-7-10-20/h4-10,13,15,19,26H,11-12,14,16-18H2,1-3H3,(H,32,34)/b8-4-,31-22?/t19-,26+/m0/s1. The molecule has 2 atom stereocenters. The number of amides is 1. The third-order valence-corrected chi connectivity index (χ3v) is 9.61. The highest BCUT2D eigenvalue weighted by molar-refractivity contribution is 7.89. The SMILES string of the molecule is C/C=C\C(CC(=O)NC1(c2cc(F)c(CN3[C@@H](C)CC[C@H](c4ccccc4)S3(=O)=O)cc2F)COC1)=NC. The fourth-order valence-corrected chi connectivity index (χ4v) is 7.27. The van der Waals surface area contributed by atoms with Gasteiger partial charge < -0.3 is 10.1 Å². The van der Waals surface area contributed by atoms with E-state index in [-0.39, 0.29) is 43.3 Å². The molecular weight excluding hydrogens is 512 g/mol. The van der Waals surface area contributed by atoms with Crippen molar-refractivity contribution in [2.45, 2.75) is 56.5 Å². The second-order valence-electron chi connectivity index (χ2n) is 9.85. The van der Waals surface area contributed by atoms with Crippen molar-refractivity contribution in [2.75, 3.05) is 20.3 Å². The maximum Gasteiger partial charge on any atom is 0.226 e. The Balaban J connectivity index is 1.58. The van der Waals surface area contributed by atoms with Crippen LogP contribution in [-0.2, 0) is 31.6 Å². The van der Waals surface area contributed by atoms with Crippen LogP contribution in [0.2, 0.25) is 0 Å². The van der Waals surface area contributed by atoms with E-state index in [1.165, 1.54) is 4.31 Å². The van der Waals surface area contributed by atoms with Gasteiger partial charge in [0, 0.05) is 36.5 Å². The molecule has 0 radical (unpaired) electrons. The van der Waals surface area contributed by atoms with Crippen molar-refractivity contribution in [1.29, 1.82) is 0 Å². The minimum Gasteiger partial charge on any atom is -0.376 e. The van der Waals surface area contributed by atoms with Gasteiger partial charge in [0.05, 0.1) is 19.6 Å². The minimum absolute atomic E-state index is 0.00699. The lowest BCUT2D eigenvalue weighted by Crippen LogP contribution is -2.60. The van der Waals surface area contributed by atoms with E-state index in [2.05, 4.69) is 10.3 Å². The number of halogens is 2. The van der Waals surface area contributed by atoms with Crippen molar-refractivity contribution in [2.24, 2.45) is 4.99 Å². The highest BCUT2D eigenvalue weighted by Gasteiger charge is 2.45. The first-order valence-electron chi connectivity index (χ1n) is 12.6. The van der Waals surface area contributed by atoms with Crippen LogP contribution in [-0.4, -0.2) is 50.6 Å². The minimum atomic E-state index is -3.81. The van der Waals surface area contributed by atoms with Gasteiger partial charge in [-0.15, -0.1) is 0 Å². The van der Waals surface area contributed by atoms with Gasteiger partial charge in [-0.05, 0) is 50.5 Å². The number of hydrogen-bond acceptors (Lipinski definition) is 5. The van der Waals surface area contributed by atoms with E-state index in [0.29, 0.717) is 24.1 Å². The fraction of sp³-hybridized carbons (Fsp3) is 0.429. The zero-order chi connectivity index (χ0) is 27.5. The molecule has 0 unspecified atom stereocenters. The second kappa shape index (κ2) is 11.4. The number of carbonyl (C=O) groups excluding carboxylic acids is 1. The molecule has 2 aromatic carbocycles. The molecule has 2 aliphatic heterocycles. The van der Waals surface area contributed by atoms with Crippen LogP contribution in [0.25, 0.3) is 0 Å². The van der Waals surface area contributed by atoms with Crippen LogP contribution in [0.3, 0.4) is 0 Å². The van der Waals surface area contributed by atoms with Crippen LogP contribution in [0, 0.1) is 11.6 Å². The van der Waals surface area contributed by atoms with Crippen LogP contribution in [0.15, 0.2) is 59.6 Å². The van der Waals surface area contributed by atoms with Gasteiger partial charge in [-0.1, -0.05) is 36.4 Å². The molecule has 204 valence electrons. The number of ether oxygens (including phenoxy) is 1. The molecule has 1 N–H and O–H groups in total. The quantitative estimate of drug-likeness (QED) is 0.498. The topological polar surface area (TPSA) is 88.1 Å². The molecule has 7 nitrogen and oxygen atoms in total. The molecule has 2 heterocycles. The van der Waals surface area contributed by atoms with Gasteiger partial charge >= 0.3 is 0 Å². The lowest BCUT2D eigenvalue weighted by Gasteiger charge is -2.43. The molecule has 0 spiro atoms. The molecule has 1 amide bonds. The van der Waals surface area contributed by atoms with Crippen molar-refractivity contribution < 1.29 is 26.7 Å². The molecule has 0 aliphatic carbocycles. The molecule has 2 aliphatic rings. The number of hydrogen-bond donors (Lipinski definition) is 1. The Morgan fingerprint density at radius 3 is 2.50 bits per heavy atom. The monoisotopic (exact) mass is 545 g/mol. The number of nitrogens with one attached hydrogen (secondary N) is 1. The number of aliphatic imine (C=N–C) groups is 1. The summed E-state index contributed by atoms with van der Waals surface area (Å²) < 4.78 is 64.4. The first-order valence-corrected chi connectivity index (χ1v) is 14.1. The highest BCUT2D eigenvalue weighted by Crippen LogP contribution is 2.39. The Kier molecular flexibility index (Phi) is 8.44. The van der Waals surface area contributed by atoms with E-state index in [1.54, 1.807) is 50.4 Å². The third kappa shape index (κ3) is 5.57. The summed E-state index contributed by atoms with van der Waals surface area (Å²) in [5, 5.41) is 2.05. The Bertz CT molecular complexity index is 1340. The number of allylic oxidation sites excluding steroid dienone is 2. The van der Waals surface area contributed by atoms with Crippen molar-refractivity contribution in [3.05, 3.63) is 82.9 Å². The van der Waals surface area contributed by atoms with Gasteiger partial charge in [0.25, 0.3) is 0 Å². The first kappa shape index (κ1) is 28.1. The van der Waals surface area contributed by atoms with E-state index < -0.39 is 38.4 Å². The maximum absolute atomic E-state index is 15.5. The van der Waals surface area contributed by atoms with Gasteiger partial charge in [-0.3, -0.25) is 9.79 Å². The van der Waals surface area contributed by atoms with Crippen molar-refractivity contribution in [3.8, 4) is 0 Å². The number of nitrogens with zero attached hydrogens (tertiary/aromatic N) is 2. The molecule has 4 rings (SSSR count). The van der Waals surface area contributed by atoms with Crippen molar-refractivity contribution >= 4 is 21.6 Å². The smallest absolute Gasteiger partial charge is 0.226 e. The highest BCUT2D eigenvalue weighted by atomic mass is 32.2. The van der Waals surface area contributed by atoms with Crippen LogP contribution in [0.4, 0.5) is 8.78 Å². The number of carbonyl (C=O) groups is 1. The zero-order valence-corrected chi connectivity index (χ0v) is 22.6. The van der Waals surface area contributed by atoms with E-state index in [4.69, 9.17) is 4.74 Å². The van der Waals surface area contributed by atoms with E-state index in [9.17, 15) is 13.2 Å². The molecule has 38 heavy (non-hydrogen) atoms. The van der Waals surface area contributed by atoms with Gasteiger partial charge in [0.1, 0.15) is 22.4 Å². The summed E-state index contributed by atoms with van der Waals surface area (Å²) in [5.74, 6) is -1.86. The molecule has 0 aromatic heterocycles. The molecule has 2 aromatic rings. The average molecular weight is 546 g/mol. The zero-order valence-electron chi connectivity index (χ0n) is 21.8. The summed E-state index contributed by atoms with van der Waals surface area (Å²) in [7, 11) is -2.24. The van der Waals surface area contributed by atoms with Gasteiger partial charge in [0.2, 0.25) is 15.9 Å². The number of benzene rings is 2. The van der Waals surface area contributed by atoms with Crippen LogP contribution < -0.4 is 5.32 Å². The summed E-state index contributed by atoms with van der Waals surface area (Å²) in [4.78, 5) is 16.7. The molecule has 0 saturated carbocycles. The Morgan fingerprint density at radius 1 is 1.18 bits per heavy atom. The summed E-state index contributed by atoms with van der Waals surface area (Å²) in [6, 6.07) is 10.7.